The highest BCUT2D eigenvalue weighted by atomic mass is 79.9. The van der Waals surface area contributed by atoms with Crippen molar-refractivity contribution in [2.24, 2.45) is 0 Å². The van der Waals surface area contributed by atoms with Crippen LogP contribution >= 0.6 is 27.7 Å². The van der Waals surface area contributed by atoms with Gasteiger partial charge in [0.15, 0.2) is 0 Å². The van der Waals surface area contributed by atoms with Crippen LogP contribution < -0.4 is 5.32 Å². The van der Waals surface area contributed by atoms with E-state index >= 15 is 0 Å². The van der Waals surface area contributed by atoms with Crippen molar-refractivity contribution in [2.45, 2.75) is 31.3 Å². The Balaban J connectivity index is 2.23. The van der Waals surface area contributed by atoms with Crippen LogP contribution in [-0.2, 0) is 0 Å². The van der Waals surface area contributed by atoms with Gasteiger partial charge in [-0.05, 0) is 48.8 Å². The number of hydrogen-bond acceptors (Lipinski definition) is 3. The third-order valence-electron chi connectivity index (χ3n) is 1.71. The van der Waals surface area contributed by atoms with E-state index in [0.717, 1.165) is 21.8 Å². The van der Waals surface area contributed by atoms with Gasteiger partial charge in [0.05, 0.1) is 5.03 Å². The molecule has 84 valence electrons. The predicted molar refractivity (Wildman–Crippen MR) is 70.4 cm³/mol. The molecule has 0 amide bonds. The molecule has 0 fully saturated rings. The van der Waals surface area contributed by atoms with E-state index in [1.165, 1.54) is 0 Å². The zero-order valence-corrected chi connectivity index (χ0v) is 11.8. The van der Waals surface area contributed by atoms with Gasteiger partial charge in [0, 0.05) is 28.5 Å². The van der Waals surface area contributed by atoms with Crippen LogP contribution in [0.15, 0.2) is 27.8 Å². The van der Waals surface area contributed by atoms with Crippen molar-refractivity contribution in [2.75, 3.05) is 12.3 Å². The summed E-state index contributed by atoms with van der Waals surface area (Å²) >= 11 is 5.14. The van der Waals surface area contributed by atoms with Crippen LogP contribution in [0, 0.1) is 0 Å². The van der Waals surface area contributed by atoms with Gasteiger partial charge in [0.1, 0.15) is 0 Å². The number of pyridine rings is 1. The van der Waals surface area contributed by atoms with E-state index in [0.29, 0.717) is 0 Å². The van der Waals surface area contributed by atoms with Crippen LogP contribution in [0.2, 0.25) is 0 Å². The predicted octanol–water partition coefficient (Wildman–Crippen LogP) is 3.32. The van der Waals surface area contributed by atoms with Crippen molar-refractivity contribution in [3.63, 3.8) is 0 Å². The van der Waals surface area contributed by atoms with E-state index in [2.05, 4.69) is 47.0 Å². The number of nitrogens with zero attached hydrogens (tertiary/aromatic N) is 1. The lowest BCUT2D eigenvalue weighted by molar-refractivity contribution is 0.441. The summed E-state index contributed by atoms with van der Waals surface area (Å²) in [5, 5.41) is 4.52. The van der Waals surface area contributed by atoms with Crippen LogP contribution in [0.5, 0.6) is 0 Å². The minimum absolute atomic E-state index is 0.202. The van der Waals surface area contributed by atoms with E-state index in [-0.39, 0.29) is 5.54 Å². The highest BCUT2D eigenvalue weighted by Gasteiger charge is 2.07. The van der Waals surface area contributed by atoms with Crippen molar-refractivity contribution >= 4 is 27.7 Å². The highest BCUT2D eigenvalue weighted by molar-refractivity contribution is 9.10. The maximum Gasteiger partial charge on any atom is 0.0961 e. The molecule has 0 aliphatic rings. The topological polar surface area (TPSA) is 24.9 Å². The van der Waals surface area contributed by atoms with Gasteiger partial charge >= 0.3 is 0 Å². The molecule has 1 aromatic heterocycles. The molecule has 0 aromatic carbocycles. The second-order valence-electron chi connectivity index (χ2n) is 4.34. The van der Waals surface area contributed by atoms with Crippen molar-refractivity contribution in [3.05, 3.63) is 22.8 Å². The van der Waals surface area contributed by atoms with Crippen LogP contribution in [0.4, 0.5) is 0 Å². The Morgan fingerprint density at radius 2 is 2.13 bits per heavy atom. The minimum Gasteiger partial charge on any atom is -0.311 e. The molecule has 0 radical (unpaired) electrons. The van der Waals surface area contributed by atoms with E-state index in [4.69, 9.17) is 0 Å². The smallest absolute Gasteiger partial charge is 0.0961 e. The lowest BCUT2D eigenvalue weighted by atomic mass is 10.1. The molecule has 0 aliphatic carbocycles. The molecule has 0 saturated carbocycles. The SMILES string of the molecule is CC(C)(C)NCCSc1ccc(Br)cn1. The molecule has 2 nitrogen and oxygen atoms in total. The van der Waals surface area contributed by atoms with Gasteiger partial charge in [0.25, 0.3) is 0 Å². The number of aromatic nitrogens is 1. The summed E-state index contributed by atoms with van der Waals surface area (Å²) in [7, 11) is 0. The van der Waals surface area contributed by atoms with Crippen LogP contribution in [0.1, 0.15) is 20.8 Å². The maximum absolute atomic E-state index is 4.30. The van der Waals surface area contributed by atoms with Crippen LogP contribution in [-0.4, -0.2) is 22.8 Å². The first kappa shape index (κ1) is 13.0. The van der Waals surface area contributed by atoms with Crippen molar-refractivity contribution < 1.29 is 0 Å². The summed E-state index contributed by atoms with van der Waals surface area (Å²) in [5.74, 6) is 1.05. The van der Waals surface area contributed by atoms with Crippen LogP contribution in [0.3, 0.4) is 0 Å². The van der Waals surface area contributed by atoms with Crippen LogP contribution in [0.25, 0.3) is 0 Å². The normalized spacial score (nSPS) is 11.7. The lowest BCUT2D eigenvalue weighted by Gasteiger charge is -2.20. The molecule has 4 heteroatoms. The molecule has 1 rings (SSSR count). The zero-order valence-electron chi connectivity index (χ0n) is 9.38. The quantitative estimate of drug-likeness (QED) is 0.680. The van der Waals surface area contributed by atoms with E-state index < -0.39 is 0 Å². The van der Waals surface area contributed by atoms with Gasteiger partial charge in [-0.3, -0.25) is 0 Å². The summed E-state index contributed by atoms with van der Waals surface area (Å²) in [5.41, 5.74) is 0.202. The molecule has 0 bridgehead atoms. The fourth-order valence-corrected chi connectivity index (χ4v) is 1.97. The minimum atomic E-state index is 0.202. The third-order valence-corrected chi connectivity index (χ3v) is 3.12. The highest BCUT2D eigenvalue weighted by Crippen LogP contribution is 2.16. The lowest BCUT2D eigenvalue weighted by Crippen LogP contribution is -2.37. The summed E-state index contributed by atoms with van der Waals surface area (Å²) in [6.07, 6.45) is 1.83. The second kappa shape index (κ2) is 5.87. The summed E-state index contributed by atoms with van der Waals surface area (Å²) in [4.78, 5) is 4.30. The monoisotopic (exact) mass is 288 g/mol. The molecule has 0 spiro atoms. The summed E-state index contributed by atoms with van der Waals surface area (Å²) in [6.45, 7) is 7.53. The summed E-state index contributed by atoms with van der Waals surface area (Å²) < 4.78 is 1.03. The second-order valence-corrected chi connectivity index (χ2v) is 6.37. The van der Waals surface area contributed by atoms with Gasteiger partial charge < -0.3 is 5.32 Å². The van der Waals surface area contributed by atoms with Gasteiger partial charge in [0.2, 0.25) is 0 Å². The molecule has 0 saturated heterocycles. The van der Waals surface area contributed by atoms with Crippen molar-refractivity contribution in [1.29, 1.82) is 0 Å². The standard InChI is InChI=1S/C11H17BrN2S/c1-11(2,3)14-6-7-15-10-5-4-9(12)8-13-10/h4-5,8,14H,6-7H2,1-3H3. The number of nitrogens with one attached hydrogen (secondary N) is 1. The fraction of sp³-hybridized carbons (Fsp3) is 0.545. The van der Waals surface area contributed by atoms with Gasteiger partial charge in [-0.25, -0.2) is 4.98 Å². The van der Waals surface area contributed by atoms with Crippen molar-refractivity contribution in [1.82, 2.24) is 10.3 Å². The Morgan fingerprint density at radius 3 is 2.67 bits per heavy atom. The van der Waals surface area contributed by atoms with E-state index in [1.807, 2.05) is 18.3 Å². The Hall–Kier alpha value is -0.0600. The molecule has 0 aliphatic heterocycles. The first-order chi connectivity index (χ1) is 6.97. The Kier molecular flexibility index (Phi) is 5.09. The molecule has 1 aromatic rings. The zero-order chi connectivity index (χ0) is 11.3. The first-order valence-electron chi connectivity index (χ1n) is 4.97. The fourth-order valence-electron chi connectivity index (χ4n) is 1.03. The van der Waals surface area contributed by atoms with Gasteiger partial charge in [-0.2, -0.15) is 0 Å². The Morgan fingerprint density at radius 1 is 1.40 bits per heavy atom. The molecular formula is C11H17BrN2S. The van der Waals surface area contributed by atoms with Crippen molar-refractivity contribution in [3.8, 4) is 0 Å². The molecule has 1 heterocycles. The maximum atomic E-state index is 4.30. The largest absolute Gasteiger partial charge is 0.311 e. The van der Waals surface area contributed by atoms with E-state index in [9.17, 15) is 0 Å². The first-order valence-corrected chi connectivity index (χ1v) is 6.75. The average Bonchev–Trinajstić information content (AvgIpc) is 2.14. The van der Waals surface area contributed by atoms with Gasteiger partial charge in [-0.1, -0.05) is 0 Å². The molecular weight excluding hydrogens is 272 g/mol. The van der Waals surface area contributed by atoms with E-state index in [1.54, 1.807) is 11.8 Å². The average molecular weight is 289 g/mol. The Labute approximate surface area is 104 Å². The number of halogens is 1. The molecule has 0 unspecified atom stereocenters. The third kappa shape index (κ3) is 6.17. The number of rotatable bonds is 4. The summed E-state index contributed by atoms with van der Waals surface area (Å²) in [6, 6.07) is 4.05. The number of hydrogen-bond donors (Lipinski definition) is 1. The van der Waals surface area contributed by atoms with Gasteiger partial charge in [-0.15, -0.1) is 11.8 Å². The molecule has 1 N–H and O–H groups in total. The molecule has 15 heavy (non-hydrogen) atoms. The molecule has 0 atom stereocenters. The number of thioether (sulfide) groups is 1. The Bertz CT molecular complexity index is 292.